The van der Waals surface area contributed by atoms with Gasteiger partial charge in [-0.05, 0) is 19.9 Å². The number of aromatic nitrogens is 3. The second-order valence-electron chi connectivity index (χ2n) is 8.16. The normalized spacial score (nSPS) is 21.3. The molecule has 3 aliphatic rings. The first kappa shape index (κ1) is 20.0. The Morgan fingerprint density at radius 2 is 1.87 bits per heavy atom. The zero-order valence-electron chi connectivity index (χ0n) is 17.1. The monoisotopic (exact) mass is 429 g/mol. The van der Waals surface area contributed by atoms with Crippen molar-refractivity contribution in [3.63, 3.8) is 0 Å². The number of rotatable bonds is 5. The van der Waals surface area contributed by atoms with Gasteiger partial charge in [-0.3, -0.25) is 4.98 Å². The van der Waals surface area contributed by atoms with E-state index in [1.54, 1.807) is 6.92 Å². The van der Waals surface area contributed by atoms with Crippen molar-refractivity contribution in [3.05, 3.63) is 53.1 Å². The third-order valence-corrected chi connectivity index (χ3v) is 6.01. The van der Waals surface area contributed by atoms with Crippen LogP contribution in [-0.2, 0) is 4.74 Å². The molecule has 3 unspecified atom stereocenters. The minimum absolute atomic E-state index is 0.144. The topological polar surface area (TPSA) is 63.2 Å². The second-order valence-corrected chi connectivity index (χ2v) is 8.16. The lowest BCUT2D eigenvalue weighted by atomic mass is 9.98. The Balaban J connectivity index is 1.49. The molecule has 1 aromatic carbocycles. The molecular weight excluding hydrogens is 407 g/mol. The van der Waals surface area contributed by atoms with Gasteiger partial charge in [0, 0.05) is 30.5 Å². The third kappa shape index (κ3) is 3.56. The van der Waals surface area contributed by atoms with E-state index >= 15 is 0 Å². The summed E-state index contributed by atoms with van der Waals surface area (Å²) in [5.41, 5.74) is 1.86. The van der Waals surface area contributed by atoms with Gasteiger partial charge in [0.1, 0.15) is 5.82 Å². The highest BCUT2D eigenvalue weighted by Gasteiger charge is 2.38. The number of ether oxygens (including phenoxy) is 1. The van der Waals surface area contributed by atoms with Gasteiger partial charge in [-0.25, -0.2) is 13.2 Å². The van der Waals surface area contributed by atoms with E-state index in [2.05, 4.69) is 25.4 Å². The molecule has 3 atom stereocenters. The lowest BCUT2D eigenvalue weighted by Gasteiger charge is -2.47. The first-order chi connectivity index (χ1) is 14.9. The molecule has 0 aliphatic carbocycles. The summed E-state index contributed by atoms with van der Waals surface area (Å²) in [6.07, 6.45) is 0.554. The number of piperidine rings is 1. The van der Waals surface area contributed by atoms with Crippen LogP contribution >= 0.6 is 0 Å². The molecule has 6 nitrogen and oxygen atoms in total. The number of halogens is 3. The van der Waals surface area contributed by atoms with Crippen LogP contribution in [0.1, 0.15) is 42.6 Å². The van der Waals surface area contributed by atoms with Crippen molar-refractivity contribution in [2.24, 2.45) is 0 Å². The van der Waals surface area contributed by atoms with Gasteiger partial charge in [0.2, 0.25) is 0 Å². The average Bonchev–Trinajstić information content (AvgIpc) is 2.75. The van der Waals surface area contributed by atoms with Crippen LogP contribution in [-0.4, -0.2) is 40.5 Å². The molecule has 9 heteroatoms. The largest absolute Gasteiger partial charge is 0.371 e. The molecule has 0 radical (unpaired) electrons. The summed E-state index contributed by atoms with van der Waals surface area (Å²) in [6, 6.07) is 5.42. The van der Waals surface area contributed by atoms with Gasteiger partial charge in [-0.1, -0.05) is 18.2 Å². The van der Waals surface area contributed by atoms with Crippen LogP contribution in [0.15, 0.2) is 30.5 Å². The number of alkyl halides is 2. The van der Waals surface area contributed by atoms with Crippen LogP contribution in [0, 0.1) is 12.7 Å². The minimum Gasteiger partial charge on any atom is -0.371 e. The summed E-state index contributed by atoms with van der Waals surface area (Å²) >= 11 is 0. The smallest absolute Gasteiger partial charge is 0.266 e. The number of fused-ring (bicyclic) bond motifs is 3. The van der Waals surface area contributed by atoms with Crippen molar-refractivity contribution >= 4 is 22.4 Å². The highest BCUT2D eigenvalue weighted by atomic mass is 19.3. The lowest BCUT2D eigenvalue weighted by molar-refractivity contribution is -0.133. The number of aryl methyl sites for hydroxylation is 1. The van der Waals surface area contributed by atoms with Crippen LogP contribution in [0.3, 0.4) is 0 Å². The predicted molar refractivity (Wildman–Crippen MR) is 111 cm³/mol. The molecule has 162 valence electrons. The molecule has 2 aromatic heterocycles. The minimum atomic E-state index is -2.88. The lowest BCUT2D eigenvalue weighted by Crippen LogP contribution is -2.57. The fraction of sp³-hybridized carbons (Fsp3) is 0.409. The molecule has 31 heavy (non-hydrogen) atoms. The van der Waals surface area contributed by atoms with E-state index in [1.807, 2.05) is 19.2 Å². The number of pyridine rings is 1. The molecule has 0 saturated carbocycles. The number of hydrogen-bond acceptors (Lipinski definition) is 6. The van der Waals surface area contributed by atoms with Gasteiger partial charge in [0.05, 0.1) is 46.9 Å². The molecule has 3 aliphatic heterocycles. The Morgan fingerprint density at radius 1 is 1.16 bits per heavy atom. The molecule has 3 fully saturated rings. The van der Waals surface area contributed by atoms with E-state index in [1.165, 1.54) is 12.1 Å². The number of benzene rings is 1. The zero-order valence-corrected chi connectivity index (χ0v) is 17.1. The molecule has 2 bridgehead atoms. The number of nitrogens with one attached hydrogen (secondary N) is 1. The summed E-state index contributed by atoms with van der Waals surface area (Å²) < 4.78 is 46.5. The van der Waals surface area contributed by atoms with Crippen molar-refractivity contribution in [1.29, 1.82) is 0 Å². The van der Waals surface area contributed by atoms with Crippen molar-refractivity contribution in [3.8, 4) is 0 Å². The number of nitrogens with zero attached hydrogens (tertiary/aromatic N) is 4. The summed E-state index contributed by atoms with van der Waals surface area (Å²) in [5, 5.41) is 12.3. The first-order valence-corrected chi connectivity index (χ1v) is 10.3. The van der Waals surface area contributed by atoms with Crippen molar-refractivity contribution in [1.82, 2.24) is 15.2 Å². The van der Waals surface area contributed by atoms with Crippen LogP contribution in [0.2, 0.25) is 0 Å². The van der Waals surface area contributed by atoms with Crippen molar-refractivity contribution in [2.45, 2.75) is 44.9 Å². The van der Waals surface area contributed by atoms with Gasteiger partial charge < -0.3 is 15.0 Å². The quantitative estimate of drug-likeness (QED) is 0.642. The maximum atomic E-state index is 14.6. The SMILES string of the molecule is Cc1nnc(NC(C)c2cccc(C(F)F)c2F)c2cc(N3CC4CC(C3)O4)cnc12. The highest BCUT2D eigenvalue weighted by molar-refractivity contribution is 5.92. The van der Waals surface area contributed by atoms with Crippen molar-refractivity contribution in [2.75, 3.05) is 23.3 Å². The fourth-order valence-corrected chi connectivity index (χ4v) is 4.35. The van der Waals surface area contributed by atoms with Crippen LogP contribution < -0.4 is 10.2 Å². The number of anilines is 2. The highest BCUT2D eigenvalue weighted by Crippen LogP contribution is 2.34. The number of hydrogen-bond donors (Lipinski definition) is 1. The van der Waals surface area contributed by atoms with E-state index in [9.17, 15) is 13.2 Å². The third-order valence-electron chi connectivity index (χ3n) is 6.01. The maximum Gasteiger partial charge on any atom is 0.266 e. The predicted octanol–water partition coefficient (Wildman–Crippen LogP) is 4.56. The van der Waals surface area contributed by atoms with Crippen LogP contribution in [0.25, 0.3) is 10.9 Å². The Morgan fingerprint density at radius 3 is 2.58 bits per heavy atom. The molecule has 1 N–H and O–H groups in total. The Labute approximate surface area is 177 Å². The molecule has 0 amide bonds. The summed E-state index contributed by atoms with van der Waals surface area (Å²) in [4.78, 5) is 6.83. The zero-order chi connectivity index (χ0) is 21.7. The molecular formula is C22H22F3N5O. The van der Waals surface area contributed by atoms with E-state index in [0.29, 0.717) is 17.0 Å². The van der Waals surface area contributed by atoms with Gasteiger partial charge in [0.25, 0.3) is 6.43 Å². The molecule has 3 aromatic rings. The van der Waals surface area contributed by atoms with Gasteiger partial charge in [-0.2, -0.15) is 5.10 Å². The summed E-state index contributed by atoms with van der Waals surface area (Å²) in [6.45, 7) is 5.15. The standard InChI is InChI=1S/C22H22F3N5O/c1-11(16-4-3-5-17(19(16)23)21(24)25)27-22-18-6-13(8-26-20(18)12(2)28-29-22)30-9-14-7-15(10-30)31-14/h3-6,8,11,14-15,21H,7,9-10H2,1-2H3,(H,27,29). The Kier molecular flexibility index (Phi) is 4.92. The molecule has 3 saturated heterocycles. The van der Waals surface area contributed by atoms with E-state index in [0.717, 1.165) is 36.7 Å². The van der Waals surface area contributed by atoms with E-state index < -0.39 is 23.8 Å². The Hall–Kier alpha value is -2.94. The van der Waals surface area contributed by atoms with Gasteiger partial charge >= 0.3 is 0 Å². The van der Waals surface area contributed by atoms with Gasteiger partial charge in [0.15, 0.2) is 5.82 Å². The maximum absolute atomic E-state index is 14.6. The van der Waals surface area contributed by atoms with Crippen molar-refractivity contribution < 1.29 is 17.9 Å². The first-order valence-electron chi connectivity index (χ1n) is 10.3. The fourth-order valence-electron chi connectivity index (χ4n) is 4.35. The number of morpholine rings is 1. The summed E-state index contributed by atoms with van der Waals surface area (Å²) in [7, 11) is 0. The molecule has 5 heterocycles. The summed E-state index contributed by atoms with van der Waals surface area (Å²) in [5.74, 6) is -0.476. The average molecular weight is 429 g/mol. The van der Waals surface area contributed by atoms with E-state index in [-0.39, 0.29) is 17.8 Å². The molecule has 6 rings (SSSR count). The van der Waals surface area contributed by atoms with Gasteiger partial charge in [-0.15, -0.1) is 5.10 Å². The van der Waals surface area contributed by atoms with Crippen LogP contribution in [0.5, 0.6) is 0 Å². The second kappa shape index (κ2) is 7.64. The molecule has 0 spiro atoms. The van der Waals surface area contributed by atoms with E-state index in [4.69, 9.17) is 4.74 Å². The van der Waals surface area contributed by atoms with Crippen LogP contribution in [0.4, 0.5) is 24.7 Å². The Bertz CT molecular complexity index is 1130.